The minimum Gasteiger partial charge on any atom is -0.396 e. The van der Waals surface area contributed by atoms with Gasteiger partial charge in [-0.2, -0.15) is 0 Å². The van der Waals surface area contributed by atoms with Crippen LogP contribution < -0.4 is 11.3 Å². The second kappa shape index (κ2) is 8.16. The summed E-state index contributed by atoms with van der Waals surface area (Å²) in [7, 11) is 0. The number of fused-ring (bicyclic) bond motifs is 2. The van der Waals surface area contributed by atoms with Gasteiger partial charge >= 0.3 is 0 Å². The molecular weight excluding hydrogens is 376 g/mol. The highest BCUT2D eigenvalue weighted by molar-refractivity contribution is 5.68. The molecule has 0 aliphatic heterocycles. The van der Waals surface area contributed by atoms with Crippen LogP contribution in [0, 0.1) is 19.8 Å². The van der Waals surface area contributed by atoms with Crippen LogP contribution in [0.1, 0.15) is 24.2 Å². The number of imidazole rings is 1. The number of aliphatic hydroxyl groups is 1. The molecule has 0 fully saturated rings. The Labute approximate surface area is 175 Å². The van der Waals surface area contributed by atoms with Crippen LogP contribution in [0.5, 0.6) is 0 Å². The van der Waals surface area contributed by atoms with E-state index in [2.05, 4.69) is 29.3 Å². The molecule has 3 heterocycles. The van der Waals surface area contributed by atoms with E-state index in [1.54, 1.807) is 22.9 Å². The number of nitrogen functional groups attached to an aromatic ring is 1. The van der Waals surface area contributed by atoms with Crippen molar-refractivity contribution in [2.75, 3.05) is 5.73 Å². The van der Waals surface area contributed by atoms with Gasteiger partial charge in [0.2, 0.25) is 0 Å². The molecule has 0 spiro atoms. The maximum absolute atomic E-state index is 11.9. The minimum absolute atomic E-state index is 0.0873. The van der Waals surface area contributed by atoms with Crippen LogP contribution in [0.4, 0.5) is 5.69 Å². The van der Waals surface area contributed by atoms with Crippen LogP contribution in [0.25, 0.3) is 11.3 Å². The summed E-state index contributed by atoms with van der Waals surface area (Å²) in [6.45, 7) is 3.92. The van der Waals surface area contributed by atoms with Crippen molar-refractivity contribution in [3.63, 3.8) is 0 Å². The molecule has 0 saturated carbocycles. The number of aliphatic hydroxyl groups excluding tert-OH is 1. The summed E-state index contributed by atoms with van der Waals surface area (Å²) in [6.07, 6.45) is 15.8. The molecular formula is C24H26N4O2. The van der Waals surface area contributed by atoms with E-state index >= 15 is 0 Å². The number of rotatable bonds is 1. The fourth-order valence-electron chi connectivity index (χ4n) is 3.88. The summed E-state index contributed by atoms with van der Waals surface area (Å²) in [4.78, 5) is 16.3. The Morgan fingerprint density at radius 3 is 2.87 bits per heavy atom. The third-order valence-corrected chi connectivity index (χ3v) is 5.53. The third-order valence-electron chi connectivity index (χ3n) is 5.53. The normalized spacial score (nSPS) is 19.8. The van der Waals surface area contributed by atoms with Crippen molar-refractivity contribution in [2.45, 2.75) is 32.8 Å². The average molecular weight is 402 g/mol. The Balaban J connectivity index is 0.000000168. The van der Waals surface area contributed by atoms with Crippen LogP contribution >= 0.6 is 0 Å². The number of pyridine rings is 2. The summed E-state index contributed by atoms with van der Waals surface area (Å²) < 4.78 is 3.48. The van der Waals surface area contributed by atoms with Gasteiger partial charge in [-0.3, -0.25) is 9.36 Å². The lowest BCUT2D eigenvalue weighted by Crippen LogP contribution is -2.16. The van der Waals surface area contributed by atoms with Gasteiger partial charge in [-0.15, -0.1) is 0 Å². The number of hydrogen-bond acceptors (Lipinski definition) is 4. The van der Waals surface area contributed by atoms with E-state index < -0.39 is 0 Å². The molecule has 3 aromatic heterocycles. The number of hydrogen-bond donors (Lipinski definition) is 2. The maximum Gasteiger partial charge on any atom is 0.255 e. The van der Waals surface area contributed by atoms with E-state index in [-0.39, 0.29) is 11.7 Å². The zero-order valence-corrected chi connectivity index (χ0v) is 17.2. The third kappa shape index (κ3) is 4.00. The Hall–Kier alpha value is -3.38. The second-order valence-corrected chi connectivity index (χ2v) is 7.78. The standard InChI is InChI=1S/C14H14N4O.C10H12O/c1-9-10(2)18-8-11(7-12(15)14(18)16-9)17-6-4-3-5-13(17)19;11-10-6-8-3-1-2-4-9(5-8)7-10/h3-8H,15H2,1-2H3;1-5,8,10-11H,6-7H2. The fourth-order valence-corrected chi connectivity index (χ4v) is 3.88. The molecule has 30 heavy (non-hydrogen) atoms. The van der Waals surface area contributed by atoms with E-state index in [4.69, 9.17) is 5.73 Å². The zero-order valence-electron chi connectivity index (χ0n) is 17.2. The topological polar surface area (TPSA) is 85.5 Å². The Kier molecular flexibility index (Phi) is 5.42. The molecule has 154 valence electrons. The van der Waals surface area contributed by atoms with Crippen LogP contribution in [-0.2, 0) is 0 Å². The first-order valence-corrected chi connectivity index (χ1v) is 10.1. The fraction of sp³-hybridized carbons (Fsp3) is 0.250. The van der Waals surface area contributed by atoms with Crippen molar-refractivity contribution < 1.29 is 5.11 Å². The highest BCUT2D eigenvalue weighted by Gasteiger charge is 2.18. The largest absolute Gasteiger partial charge is 0.396 e. The molecule has 3 aromatic rings. The molecule has 0 amide bonds. The second-order valence-electron chi connectivity index (χ2n) is 7.78. The van der Waals surface area contributed by atoms with Crippen LogP contribution in [0.2, 0.25) is 0 Å². The monoisotopic (exact) mass is 402 g/mol. The first kappa shape index (κ1) is 19.9. The van der Waals surface area contributed by atoms with Crippen molar-refractivity contribution in [3.8, 4) is 5.69 Å². The van der Waals surface area contributed by atoms with E-state index in [9.17, 15) is 9.90 Å². The number of aryl methyl sites for hydroxylation is 2. The molecule has 6 heteroatoms. The molecule has 2 aliphatic carbocycles. The van der Waals surface area contributed by atoms with Gasteiger partial charge in [-0.1, -0.05) is 36.4 Å². The van der Waals surface area contributed by atoms with Crippen molar-refractivity contribution >= 4 is 11.3 Å². The summed E-state index contributed by atoms with van der Waals surface area (Å²) in [5.74, 6) is 0.462. The van der Waals surface area contributed by atoms with Crippen molar-refractivity contribution in [2.24, 2.45) is 5.92 Å². The zero-order chi connectivity index (χ0) is 21.3. The van der Waals surface area contributed by atoms with E-state index in [1.807, 2.05) is 36.6 Å². The molecule has 5 rings (SSSR count). The Bertz CT molecular complexity index is 1230. The van der Waals surface area contributed by atoms with Gasteiger partial charge in [-0.05, 0) is 50.3 Å². The van der Waals surface area contributed by atoms with Gasteiger partial charge < -0.3 is 15.2 Å². The summed E-state index contributed by atoms with van der Waals surface area (Å²) >= 11 is 0. The predicted octanol–water partition coefficient (Wildman–Crippen LogP) is 3.49. The van der Waals surface area contributed by atoms with E-state index in [1.165, 1.54) is 11.6 Å². The molecule has 3 N–H and O–H groups in total. The van der Waals surface area contributed by atoms with Crippen molar-refractivity contribution in [3.05, 3.63) is 94.4 Å². The highest BCUT2D eigenvalue weighted by Crippen LogP contribution is 2.26. The molecule has 2 aliphatic rings. The lowest BCUT2D eigenvalue weighted by atomic mass is 9.89. The number of allylic oxidation sites excluding steroid dienone is 5. The van der Waals surface area contributed by atoms with Gasteiger partial charge in [0.1, 0.15) is 0 Å². The average Bonchev–Trinajstić information content (AvgIpc) is 2.89. The Morgan fingerprint density at radius 1 is 1.23 bits per heavy atom. The molecule has 2 bridgehead atoms. The SMILES string of the molecule is Cc1nc2c(N)cc(-n3ccccc3=O)cn2c1C.OC1CC2=CC(C=CC=C2)C1. The Morgan fingerprint density at radius 2 is 2.07 bits per heavy atom. The molecule has 0 radical (unpaired) electrons. The highest BCUT2D eigenvalue weighted by atomic mass is 16.3. The van der Waals surface area contributed by atoms with Gasteiger partial charge in [0.25, 0.3) is 5.56 Å². The number of nitrogens with zero attached hydrogens (tertiary/aromatic N) is 3. The lowest BCUT2D eigenvalue weighted by Gasteiger charge is -2.20. The molecule has 0 aromatic carbocycles. The number of anilines is 1. The first-order chi connectivity index (χ1) is 14.4. The van der Waals surface area contributed by atoms with E-state index in [0.29, 0.717) is 11.6 Å². The van der Waals surface area contributed by atoms with Crippen LogP contribution in [0.3, 0.4) is 0 Å². The summed E-state index contributed by atoms with van der Waals surface area (Å²) in [6, 6.07) is 6.82. The smallest absolute Gasteiger partial charge is 0.255 e. The van der Waals surface area contributed by atoms with Gasteiger partial charge in [-0.25, -0.2) is 4.98 Å². The van der Waals surface area contributed by atoms with Gasteiger partial charge in [0.15, 0.2) is 5.65 Å². The summed E-state index contributed by atoms with van der Waals surface area (Å²) in [5.41, 5.74) is 11.2. The lowest BCUT2D eigenvalue weighted by molar-refractivity contribution is 0.151. The van der Waals surface area contributed by atoms with Crippen LogP contribution in [-0.4, -0.2) is 25.2 Å². The van der Waals surface area contributed by atoms with Gasteiger partial charge in [0, 0.05) is 24.2 Å². The maximum atomic E-state index is 11.9. The summed E-state index contributed by atoms with van der Waals surface area (Å²) in [5, 5.41) is 9.43. The van der Waals surface area contributed by atoms with Gasteiger partial charge in [0.05, 0.1) is 23.2 Å². The molecule has 6 nitrogen and oxygen atoms in total. The quantitative estimate of drug-likeness (QED) is 0.652. The predicted molar refractivity (Wildman–Crippen MR) is 120 cm³/mol. The molecule has 2 atom stereocenters. The number of nitrogens with two attached hydrogens (primary N) is 1. The first-order valence-electron chi connectivity index (χ1n) is 10.1. The molecule has 2 unspecified atom stereocenters. The molecule has 0 saturated heterocycles. The minimum atomic E-state index is -0.132. The number of aromatic nitrogens is 3. The van der Waals surface area contributed by atoms with Crippen molar-refractivity contribution in [1.82, 2.24) is 14.0 Å². The van der Waals surface area contributed by atoms with Crippen molar-refractivity contribution in [1.29, 1.82) is 0 Å². The van der Waals surface area contributed by atoms with E-state index in [0.717, 1.165) is 35.6 Å². The van der Waals surface area contributed by atoms with Crippen LogP contribution in [0.15, 0.2) is 77.4 Å².